The van der Waals surface area contributed by atoms with E-state index in [9.17, 15) is 19.2 Å². The van der Waals surface area contributed by atoms with Crippen molar-refractivity contribution < 1.29 is 19.1 Å². The molecule has 3 amide bonds. The van der Waals surface area contributed by atoms with Crippen LogP contribution in [0.1, 0.15) is 61.1 Å². The first-order valence-corrected chi connectivity index (χ1v) is 11.2. The second kappa shape index (κ2) is 9.25. The zero-order valence-electron chi connectivity index (χ0n) is 17.9. The Morgan fingerprint density at radius 1 is 1.03 bits per heavy atom. The van der Waals surface area contributed by atoms with Crippen LogP contribution in [0.25, 0.3) is 0 Å². The minimum atomic E-state index is -0.375. The zero-order valence-corrected chi connectivity index (χ0v) is 17.9. The van der Waals surface area contributed by atoms with E-state index in [0.717, 1.165) is 19.3 Å². The number of nitrogens with one attached hydrogen (secondary N) is 4. The number of rotatable bonds is 7. The summed E-state index contributed by atoms with van der Waals surface area (Å²) in [7, 11) is 0. The molecular formula is C21H31N5O5. The van der Waals surface area contributed by atoms with E-state index in [-0.39, 0.29) is 35.7 Å². The Kier molecular flexibility index (Phi) is 6.45. The quantitative estimate of drug-likeness (QED) is 0.376. The summed E-state index contributed by atoms with van der Waals surface area (Å²) >= 11 is 0. The molecule has 0 unspecified atom stereocenters. The number of carbonyl (C=O) groups excluding carboxylic acids is 3. The lowest BCUT2D eigenvalue weighted by atomic mass is 9.79. The number of fused-ring (bicyclic) bond motifs is 1. The highest BCUT2D eigenvalue weighted by molar-refractivity contribution is 5.95. The number of hydrogen-bond acceptors (Lipinski definition) is 5. The van der Waals surface area contributed by atoms with Crippen molar-refractivity contribution in [2.75, 3.05) is 19.7 Å². The lowest BCUT2D eigenvalue weighted by Gasteiger charge is -2.42. The van der Waals surface area contributed by atoms with E-state index < -0.39 is 0 Å². The molecular weight excluding hydrogens is 402 g/mol. The number of piperidine rings is 1. The number of likely N-dealkylation sites (tertiary alicyclic amines) is 1. The number of hydrogen-bond donors (Lipinski definition) is 4. The van der Waals surface area contributed by atoms with Crippen molar-refractivity contribution in [1.82, 2.24) is 25.5 Å². The molecule has 3 fully saturated rings. The summed E-state index contributed by atoms with van der Waals surface area (Å²) in [6, 6.07) is -0.0621. The van der Waals surface area contributed by atoms with Gasteiger partial charge in [-0.25, -0.2) is 9.59 Å². The number of H-pyrrole nitrogens is 2. The highest BCUT2D eigenvalue weighted by atomic mass is 16.5. The number of unbranched alkanes of at least 4 members (excludes halogenated alkanes) is 1. The van der Waals surface area contributed by atoms with Crippen molar-refractivity contribution in [1.29, 1.82) is 0 Å². The molecule has 3 aliphatic heterocycles. The molecule has 0 bridgehead atoms. The number of urea groups is 1. The fourth-order valence-electron chi connectivity index (χ4n) is 5.12. The van der Waals surface area contributed by atoms with E-state index >= 15 is 0 Å². The Bertz CT molecular complexity index is 885. The molecule has 0 saturated carbocycles. The Morgan fingerprint density at radius 2 is 1.77 bits per heavy atom. The molecule has 4 N–H and O–H groups in total. The van der Waals surface area contributed by atoms with Crippen LogP contribution in [0.2, 0.25) is 0 Å². The van der Waals surface area contributed by atoms with E-state index in [4.69, 9.17) is 4.74 Å². The Balaban J connectivity index is 1.18. The third-order valence-corrected chi connectivity index (χ3v) is 6.81. The van der Waals surface area contributed by atoms with Gasteiger partial charge < -0.3 is 30.2 Å². The number of aryl methyl sites for hydroxylation is 1. The minimum absolute atomic E-state index is 0.104. The van der Waals surface area contributed by atoms with Gasteiger partial charge in [0.1, 0.15) is 11.9 Å². The summed E-state index contributed by atoms with van der Waals surface area (Å²) in [5.41, 5.74) is 0.507. The van der Waals surface area contributed by atoms with Gasteiger partial charge in [-0.05, 0) is 44.9 Å². The van der Waals surface area contributed by atoms with Gasteiger partial charge >= 0.3 is 11.7 Å². The average Bonchev–Trinajstić information content (AvgIpc) is 3.35. The molecule has 3 aliphatic rings. The predicted molar refractivity (Wildman–Crippen MR) is 112 cm³/mol. The number of aromatic nitrogens is 2. The lowest BCUT2D eigenvalue weighted by molar-refractivity contribution is -0.133. The molecule has 31 heavy (non-hydrogen) atoms. The van der Waals surface area contributed by atoms with Crippen LogP contribution in [0.4, 0.5) is 4.79 Å². The van der Waals surface area contributed by atoms with Crippen molar-refractivity contribution in [2.24, 2.45) is 11.8 Å². The second-order valence-electron chi connectivity index (χ2n) is 8.82. The van der Waals surface area contributed by atoms with E-state index in [1.165, 1.54) is 0 Å². The van der Waals surface area contributed by atoms with Crippen LogP contribution >= 0.6 is 0 Å². The zero-order chi connectivity index (χ0) is 22.0. The molecule has 170 valence electrons. The van der Waals surface area contributed by atoms with Crippen LogP contribution in [0.15, 0.2) is 4.79 Å². The number of amides is 3. The molecule has 4 heterocycles. The predicted octanol–water partition coefficient (Wildman–Crippen LogP) is 1.04. The summed E-state index contributed by atoms with van der Waals surface area (Å²) in [5, 5.41) is 5.93. The summed E-state index contributed by atoms with van der Waals surface area (Å²) in [6.45, 7) is 3.76. The monoisotopic (exact) mass is 433 g/mol. The van der Waals surface area contributed by atoms with Gasteiger partial charge in [-0.3, -0.25) is 9.59 Å². The third kappa shape index (κ3) is 4.84. The topological polar surface area (TPSA) is 136 Å². The van der Waals surface area contributed by atoms with Gasteiger partial charge in [0.15, 0.2) is 5.78 Å². The maximum atomic E-state index is 12.6. The highest BCUT2D eigenvalue weighted by Crippen LogP contribution is 2.33. The first-order chi connectivity index (χ1) is 14.9. The first kappa shape index (κ1) is 21.6. The van der Waals surface area contributed by atoms with E-state index in [2.05, 4.69) is 20.6 Å². The first-order valence-electron chi connectivity index (χ1n) is 11.2. The second-order valence-corrected chi connectivity index (χ2v) is 8.82. The molecule has 4 rings (SSSR count). The number of carbonyl (C=O) groups is 3. The van der Waals surface area contributed by atoms with Gasteiger partial charge in [0.05, 0.1) is 0 Å². The summed E-state index contributed by atoms with van der Waals surface area (Å²) in [5.74, 6) is 0.658. The van der Waals surface area contributed by atoms with Crippen molar-refractivity contribution in [3.8, 4) is 0 Å². The van der Waals surface area contributed by atoms with Gasteiger partial charge in [-0.1, -0.05) is 0 Å². The fraction of sp³-hybridized carbons (Fsp3) is 0.714. The van der Waals surface area contributed by atoms with Crippen LogP contribution in [0.5, 0.6) is 0 Å². The van der Waals surface area contributed by atoms with Crippen molar-refractivity contribution in [2.45, 2.75) is 64.1 Å². The molecule has 3 atom stereocenters. The summed E-state index contributed by atoms with van der Waals surface area (Å²) in [6.07, 6.45) is 4.48. The summed E-state index contributed by atoms with van der Waals surface area (Å²) in [4.78, 5) is 54.9. The van der Waals surface area contributed by atoms with Crippen LogP contribution in [-0.4, -0.2) is 64.6 Å². The van der Waals surface area contributed by atoms with E-state index in [1.54, 1.807) is 6.92 Å². The summed E-state index contributed by atoms with van der Waals surface area (Å²) < 4.78 is 5.64. The van der Waals surface area contributed by atoms with Crippen molar-refractivity contribution in [3.05, 3.63) is 21.9 Å². The van der Waals surface area contributed by atoms with Gasteiger partial charge in [-0.15, -0.1) is 0 Å². The Hall–Kier alpha value is -2.62. The molecule has 1 aromatic heterocycles. The standard InChI is InChI=1S/C21H31N5O5/c1-12-17(23-20(29)22-12)15(27)4-2-3-5-16(28)26-9-6-13(7-10-26)18-14-8-11-31-19(14)25-21(30)24-18/h13-14,18-19H,2-11H2,1H3,(H2,22,23,29)(H2,24,25,30)/t14-,18-,19-/m0/s1. The normalized spacial score (nSPS) is 26.3. The highest BCUT2D eigenvalue weighted by Gasteiger charge is 2.44. The van der Waals surface area contributed by atoms with Crippen molar-refractivity contribution in [3.63, 3.8) is 0 Å². The van der Waals surface area contributed by atoms with Crippen molar-refractivity contribution >= 4 is 17.7 Å². The molecule has 0 radical (unpaired) electrons. The van der Waals surface area contributed by atoms with Crippen LogP contribution in [0.3, 0.4) is 0 Å². The third-order valence-electron chi connectivity index (χ3n) is 6.81. The molecule has 10 heteroatoms. The Morgan fingerprint density at radius 3 is 2.48 bits per heavy atom. The maximum absolute atomic E-state index is 12.6. The molecule has 10 nitrogen and oxygen atoms in total. The van der Waals surface area contributed by atoms with Gasteiger partial charge in [-0.2, -0.15) is 0 Å². The van der Waals surface area contributed by atoms with E-state index in [1.807, 2.05) is 4.90 Å². The SMILES string of the molecule is Cc1[nH]c(=O)[nH]c1C(=O)CCCCC(=O)N1CCC([C@@H]2NC(=O)N[C@H]3OCC[C@H]32)CC1. The molecule has 1 aromatic rings. The van der Waals surface area contributed by atoms with E-state index in [0.29, 0.717) is 68.6 Å². The molecule has 0 aromatic carbocycles. The number of ketones is 1. The number of aromatic amines is 2. The number of Topliss-reactive ketones (excluding diaryl/α,β-unsaturated/α-hetero) is 1. The number of imidazole rings is 1. The number of nitrogens with zero attached hydrogens (tertiary/aromatic N) is 1. The number of ether oxygens (including phenoxy) is 1. The molecule has 0 aliphatic carbocycles. The fourth-order valence-corrected chi connectivity index (χ4v) is 5.12. The minimum Gasteiger partial charge on any atom is -0.358 e. The average molecular weight is 434 g/mol. The maximum Gasteiger partial charge on any atom is 0.323 e. The van der Waals surface area contributed by atoms with Crippen LogP contribution < -0.4 is 16.3 Å². The van der Waals surface area contributed by atoms with Crippen LogP contribution in [0, 0.1) is 18.8 Å². The van der Waals surface area contributed by atoms with Gasteiger partial charge in [0.2, 0.25) is 5.91 Å². The molecule has 3 saturated heterocycles. The van der Waals surface area contributed by atoms with Gasteiger partial charge in [0, 0.05) is 50.2 Å². The van der Waals surface area contributed by atoms with Crippen LogP contribution in [-0.2, 0) is 9.53 Å². The lowest BCUT2D eigenvalue weighted by Crippen LogP contribution is -2.62. The molecule has 0 spiro atoms. The smallest absolute Gasteiger partial charge is 0.323 e. The Labute approximate surface area is 180 Å². The van der Waals surface area contributed by atoms with Gasteiger partial charge in [0.25, 0.3) is 0 Å². The largest absolute Gasteiger partial charge is 0.358 e.